The van der Waals surface area contributed by atoms with E-state index in [0.29, 0.717) is 6.42 Å². The maximum absolute atomic E-state index is 12.4. The fraction of sp³-hybridized carbons (Fsp3) is 0.400. The molecule has 5 heteroatoms. The van der Waals surface area contributed by atoms with Gasteiger partial charge in [0.1, 0.15) is 0 Å². The predicted molar refractivity (Wildman–Crippen MR) is 100.0 cm³/mol. The molecule has 1 aliphatic heterocycles. The number of rotatable bonds is 5. The summed E-state index contributed by atoms with van der Waals surface area (Å²) in [6.07, 6.45) is 4.13. The van der Waals surface area contributed by atoms with E-state index >= 15 is 0 Å². The number of pyridine rings is 1. The highest BCUT2D eigenvalue weighted by Crippen LogP contribution is 2.15. The van der Waals surface area contributed by atoms with Crippen LogP contribution in [0.2, 0.25) is 0 Å². The Balaban J connectivity index is 1.47. The maximum atomic E-state index is 12.4. The molecule has 0 spiro atoms. The molecule has 5 nitrogen and oxygen atoms in total. The highest BCUT2D eigenvalue weighted by Gasteiger charge is 2.21. The van der Waals surface area contributed by atoms with Gasteiger partial charge in [-0.25, -0.2) is 0 Å². The minimum atomic E-state index is -0.0930. The number of aromatic amines is 1. The van der Waals surface area contributed by atoms with E-state index in [2.05, 4.69) is 41.1 Å². The van der Waals surface area contributed by atoms with Crippen LogP contribution < -0.4 is 10.5 Å². The monoisotopic (exact) mass is 339 g/mol. The summed E-state index contributed by atoms with van der Waals surface area (Å²) >= 11 is 0. The zero-order valence-electron chi connectivity index (χ0n) is 14.7. The van der Waals surface area contributed by atoms with Gasteiger partial charge in [-0.05, 0) is 30.0 Å². The quantitative estimate of drug-likeness (QED) is 0.909. The molecule has 1 N–H and O–H groups in total. The van der Waals surface area contributed by atoms with Crippen molar-refractivity contribution < 1.29 is 4.79 Å². The van der Waals surface area contributed by atoms with Gasteiger partial charge in [0, 0.05) is 44.9 Å². The van der Waals surface area contributed by atoms with Gasteiger partial charge < -0.3 is 14.8 Å². The number of carbonyl (C=O) groups excluding carboxylic acids is 1. The normalized spacial score (nSPS) is 14.6. The molecule has 0 atom stereocenters. The number of piperazine rings is 1. The van der Waals surface area contributed by atoms with Gasteiger partial charge in [0.25, 0.3) is 0 Å². The first-order chi connectivity index (χ1) is 12.2. The fourth-order valence-electron chi connectivity index (χ4n) is 3.16. The van der Waals surface area contributed by atoms with E-state index in [9.17, 15) is 9.59 Å². The Morgan fingerprint density at radius 2 is 1.68 bits per heavy atom. The van der Waals surface area contributed by atoms with E-state index in [4.69, 9.17) is 0 Å². The molecule has 25 heavy (non-hydrogen) atoms. The average molecular weight is 339 g/mol. The minimum Gasteiger partial charge on any atom is -0.367 e. The molecule has 1 aliphatic rings. The summed E-state index contributed by atoms with van der Waals surface area (Å²) in [5.41, 5.74) is 3.46. The van der Waals surface area contributed by atoms with Crippen molar-refractivity contribution in [3.8, 4) is 0 Å². The van der Waals surface area contributed by atoms with Gasteiger partial charge >= 0.3 is 0 Å². The fourth-order valence-corrected chi connectivity index (χ4v) is 3.16. The van der Waals surface area contributed by atoms with Crippen molar-refractivity contribution in [2.45, 2.75) is 26.2 Å². The summed E-state index contributed by atoms with van der Waals surface area (Å²) in [5, 5.41) is 0. The molecule has 0 unspecified atom stereocenters. The third kappa shape index (κ3) is 4.50. The van der Waals surface area contributed by atoms with Crippen LogP contribution in [0.25, 0.3) is 0 Å². The summed E-state index contributed by atoms with van der Waals surface area (Å²) in [4.78, 5) is 30.4. The summed E-state index contributed by atoms with van der Waals surface area (Å²) in [7, 11) is 0. The second-order valence-electron chi connectivity index (χ2n) is 6.45. The first kappa shape index (κ1) is 17.3. The standard InChI is InChI=1S/C20H25N3O2/c1-2-16-3-5-17(6-4-16)7-10-20(25)23-13-11-22(12-14-23)18-8-9-19(24)21-15-18/h3-6,8-9,15H,2,7,10-14H2,1H3,(H,21,24). The lowest BCUT2D eigenvalue weighted by molar-refractivity contribution is -0.131. The SMILES string of the molecule is CCc1ccc(CCC(=O)N2CCN(c3ccc(=O)[nH]c3)CC2)cc1. The van der Waals surface area contributed by atoms with Crippen molar-refractivity contribution in [2.75, 3.05) is 31.1 Å². The molecule has 0 radical (unpaired) electrons. The summed E-state index contributed by atoms with van der Waals surface area (Å²) in [5.74, 6) is 0.223. The first-order valence-electron chi connectivity index (χ1n) is 8.95. The molecule has 0 aliphatic carbocycles. The van der Waals surface area contributed by atoms with Gasteiger partial charge in [-0.1, -0.05) is 31.2 Å². The molecule has 1 fully saturated rings. The number of amides is 1. The average Bonchev–Trinajstić information content (AvgIpc) is 2.67. The van der Waals surface area contributed by atoms with Crippen LogP contribution in [-0.2, 0) is 17.6 Å². The van der Waals surface area contributed by atoms with Crippen LogP contribution in [0.1, 0.15) is 24.5 Å². The molecule has 2 aromatic rings. The molecule has 1 aromatic heterocycles. The molecule has 1 aromatic carbocycles. The van der Waals surface area contributed by atoms with E-state index in [0.717, 1.165) is 44.7 Å². The summed E-state index contributed by atoms with van der Waals surface area (Å²) in [6, 6.07) is 11.9. The Morgan fingerprint density at radius 3 is 2.28 bits per heavy atom. The van der Waals surface area contributed by atoms with Gasteiger partial charge in [0.15, 0.2) is 0 Å². The van der Waals surface area contributed by atoms with Crippen LogP contribution in [0.4, 0.5) is 5.69 Å². The van der Waals surface area contributed by atoms with E-state index in [1.165, 1.54) is 17.2 Å². The molecular formula is C20H25N3O2. The minimum absolute atomic E-state index is 0.0930. The Bertz CT molecular complexity index is 739. The Morgan fingerprint density at radius 1 is 1.00 bits per heavy atom. The lowest BCUT2D eigenvalue weighted by Crippen LogP contribution is -2.49. The highest BCUT2D eigenvalue weighted by molar-refractivity contribution is 5.76. The number of aromatic nitrogens is 1. The smallest absolute Gasteiger partial charge is 0.248 e. The molecule has 1 amide bonds. The third-order valence-electron chi connectivity index (χ3n) is 4.82. The van der Waals surface area contributed by atoms with Crippen LogP contribution in [0.3, 0.4) is 0 Å². The van der Waals surface area contributed by atoms with Crippen LogP contribution >= 0.6 is 0 Å². The van der Waals surface area contributed by atoms with Crippen molar-refractivity contribution in [1.29, 1.82) is 0 Å². The van der Waals surface area contributed by atoms with Gasteiger partial charge in [-0.15, -0.1) is 0 Å². The van der Waals surface area contributed by atoms with E-state index < -0.39 is 0 Å². The van der Waals surface area contributed by atoms with Gasteiger partial charge in [0.2, 0.25) is 11.5 Å². The Hall–Kier alpha value is -2.56. The third-order valence-corrected chi connectivity index (χ3v) is 4.82. The second-order valence-corrected chi connectivity index (χ2v) is 6.45. The molecule has 132 valence electrons. The number of carbonyl (C=O) groups is 1. The molecular weight excluding hydrogens is 314 g/mol. The topological polar surface area (TPSA) is 56.4 Å². The Kier molecular flexibility index (Phi) is 5.53. The summed E-state index contributed by atoms with van der Waals surface area (Å²) < 4.78 is 0. The Labute approximate surface area is 148 Å². The van der Waals surface area contributed by atoms with Gasteiger partial charge in [-0.2, -0.15) is 0 Å². The number of hydrogen-bond donors (Lipinski definition) is 1. The number of H-pyrrole nitrogens is 1. The second kappa shape index (κ2) is 8.01. The van der Waals surface area contributed by atoms with Crippen molar-refractivity contribution in [1.82, 2.24) is 9.88 Å². The lowest BCUT2D eigenvalue weighted by atomic mass is 10.1. The van der Waals surface area contributed by atoms with Crippen molar-refractivity contribution in [3.05, 3.63) is 64.1 Å². The molecule has 0 saturated carbocycles. The van der Waals surface area contributed by atoms with E-state index in [-0.39, 0.29) is 11.5 Å². The first-order valence-corrected chi connectivity index (χ1v) is 8.95. The maximum Gasteiger partial charge on any atom is 0.248 e. The largest absolute Gasteiger partial charge is 0.367 e. The molecule has 2 heterocycles. The number of nitrogens with one attached hydrogen (secondary N) is 1. The van der Waals surface area contributed by atoms with E-state index in [1.807, 2.05) is 11.0 Å². The van der Waals surface area contributed by atoms with Gasteiger partial charge in [0.05, 0.1) is 5.69 Å². The van der Waals surface area contributed by atoms with Crippen LogP contribution in [0, 0.1) is 0 Å². The lowest BCUT2D eigenvalue weighted by Gasteiger charge is -2.36. The number of nitrogens with zero attached hydrogens (tertiary/aromatic N) is 2. The molecule has 1 saturated heterocycles. The van der Waals surface area contributed by atoms with Crippen LogP contribution in [-0.4, -0.2) is 42.0 Å². The molecule has 0 bridgehead atoms. The molecule has 3 rings (SSSR count). The zero-order valence-corrected chi connectivity index (χ0v) is 14.7. The zero-order chi connectivity index (χ0) is 17.6. The highest BCUT2D eigenvalue weighted by atomic mass is 16.2. The van der Waals surface area contributed by atoms with Crippen LogP contribution in [0.15, 0.2) is 47.4 Å². The predicted octanol–water partition coefficient (Wildman–Crippen LogP) is 2.22. The van der Waals surface area contributed by atoms with Crippen molar-refractivity contribution in [3.63, 3.8) is 0 Å². The number of hydrogen-bond acceptors (Lipinski definition) is 3. The van der Waals surface area contributed by atoms with Crippen molar-refractivity contribution in [2.24, 2.45) is 0 Å². The van der Waals surface area contributed by atoms with E-state index in [1.54, 1.807) is 6.20 Å². The number of benzene rings is 1. The summed E-state index contributed by atoms with van der Waals surface area (Å²) in [6.45, 7) is 5.19. The van der Waals surface area contributed by atoms with Crippen molar-refractivity contribution >= 4 is 11.6 Å². The van der Waals surface area contributed by atoms with Crippen LogP contribution in [0.5, 0.6) is 0 Å². The van der Waals surface area contributed by atoms with Gasteiger partial charge in [-0.3, -0.25) is 9.59 Å². The number of aryl methyl sites for hydroxylation is 2. The number of anilines is 1.